The summed E-state index contributed by atoms with van der Waals surface area (Å²) in [5.74, 6) is -0.110. The van der Waals surface area contributed by atoms with Gasteiger partial charge in [-0.3, -0.25) is 4.79 Å². The molecule has 18 heavy (non-hydrogen) atoms. The number of rotatable bonds is 6. The van der Waals surface area contributed by atoms with E-state index < -0.39 is 16.1 Å². The number of benzene rings is 1. The van der Waals surface area contributed by atoms with Crippen LogP contribution in [0.5, 0.6) is 0 Å². The highest BCUT2D eigenvalue weighted by atomic mass is 32.2. The molecule has 1 rings (SSSR count). The Morgan fingerprint density at radius 3 is 2.33 bits per heavy atom. The molecule has 1 unspecified atom stereocenters. The molecule has 0 saturated heterocycles. The smallest absolute Gasteiger partial charge is 0.240 e. The lowest BCUT2D eigenvalue weighted by molar-refractivity contribution is 0.101. The van der Waals surface area contributed by atoms with Gasteiger partial charge in [0.05, 0.1) is 11.0 Å². The van der Waals surface area contributed by atoms with Gasteiger partial charge >= 0.3 is 0 Å². The van der Waals surface area contributed by atoms with E-state index >= 15 is 0 Å². The van der Waals surface area contributed by atoms with Crippen LogP contribution in [0.3, 0.4) is 0 Å². The lowest BCUT2D eigenvalue weighted by atomic mass is 10.2. The van der Waals surface area contributed by atoms with Crippen LogP contribution in [0.2, 0.25) is 0 Å². The molecule has 0 amide bonds. The minimum atomic E-state index is -3.57. The Labute approximate surface area is 107 Å². The summed E-state index contributed by atoms with van der Waals surface area (Å²) in [7, 11) is -3.57. The minimum absolute atomic E-state index is 0.109. The zero-order chi connectivity index (χ0) is 13.8. The third-order valence-corrected chi connectivity index (χ3v) is 3.90. The molecule has 1 aromatic carbocycles. The molecule has 5 nitrogen and oxygen atoms in total. The highest BCUT2D eigenvalue weighted by Gasteiger charge is 2.13. The molecule has 0 fully saturated rings. The van der Waals surface area contributed by atoms with Crippen LogP contribution in [-0.2, 0) is 10.0 Å². The van der Waals surface area contributed by atoms with Gasteiger partial charge < -0.3 is 5.11 Å². The average molecular weight is 271 g/mol. The zero-order valence-corrected chi connectivity index (χ0v) is 11.2. The van der Waals surface area contributed by atoms with Crippen molar-refractivity contribution in [2.45, 2.75) is 31.3 Å². The van der Waals surface area contributed by atoms with Crippen molar-refractivity contribution in [2.24, 2.45) is 0 Å². The van der Waals surface area contributed by atoms with Gasteiger partial charge in [-0.1, -0.05) is 12.1 Å². The van der Waals surface area contributed by atoms with Crippen LogP contribution in [0, 0.1) is 0 Å². The Morgan fingerprint density at radius 2 is 1.89 bits per heavy atom. The number of hydrogen-bond donors (Lipinski definition) is 2. The first-order chi connectivity index (χ1) is 8.33. The van der Waals surface area contributed by atoms with E-state index in [2.05, 4.69) is 4.72 Å². The highest BCUT2D eigenvalue weighted by molar-refractivity contribution is 7.89. The largest absolute Gasteiger partial charge is 0.393 e. The predicted octanol–water partition coefficient (Wildman–Crippen LogP) is 0.938. The molecule has 2 N–H and O–H groups in total. The number of aliphatic hydroxyl groups is 1. The quantitative estimate of drug-likeness (QED) is 0.754. The highest BCUT2D eigenvalue weighted by Crippen LogP contribution is 2.11. The van der Waals surface area contributed by atoms with Crippen molar-refractivity contribution in [3.8, 4) is 0 Å². The van der Waals surface area contributed by atoms with Gasteiger partial charge in [0.1, 0.15) is 0 Å². The molecule has 0 aliphatic heterocycles. The molecule has 1 atom stereocenters. The van der Waals surface area contributed by atoms with Crippen molar-refractivity contribution in [1.82, 2.24) is 4.72 Å². The van der Waals surface area contributed by atoms with Crippen LogP contribution >= 0.6 is 0 Å². The summed E-state index contributed by atoms with van der Waals surface area (Å²) in [5, 5.41) is 9.04. The van der Waals surface area contributed by atoms with Crippen LogP contribution in [0.15, 0.2) is 29.2 Å². The Balaban J connectivity index is 2.76. The molecule has 0 aliphatic rings. The van der Waals surface area contributed by atoms with E-state index in [0.717, 1.165) is 0 Å². The van der Waals surface area contributed by atoms with Gasteiger partial charge in [-0.15, -0.1) is 0 Å². The van der Waals surface area contributed by atoms with Crippen molar-refractivity contribution in [1.29, 1.82) is 0 Å². The number of carbonyl (C=O) groups excluding carboxylic acids is 1. The van der Waals surface area contributed by atoms with Crippen molar-refractivity contribution in [3.63, 3.8) is 0 Å². The molecule has 0 heterocycles. The lowest BCUT2D eigenvalue weighted by Gasteiger charge is -2.08. The molecule has 100 valence electrons. The minimum Gasteiger partial charge on any atom is -0.393 e. The van der Waals surface area contributed by atoms with Gasteiger partial charge in [-0.25, -0.2) is 13.1 Å². The summed E-state index contributed by atoms with van der Waals surface area (Å²) in [6.07, 6.45) is -0.196. The first kappa shape index (κ1) is 14.8. The van der Waals surface area contributed by atoms with E-state index in [1.165, 1.54) is 31.2 Å². The van der Waals surface area contributed by atoms with Crippen molar-refractivity contribution in [3.05, 3.63) is 29.8 Å². The third-order valence-electron chi connectivity index (χ3n) is 2.43. The van der Waals surface area contributed by atoms with Gasteiger partial charge in [0.15, 0.2) is 5.78 Å². The average Bonchev–Trinajstić information content (AvgIpc) is 2.28. The summed E-state index contributed by atoms with van der Waals surface area (Å²) in [6.45, 7) is 3.19. The number of carbonyl (C=O) groups is 1. The van der Waals surface area contributed by atoms with Gasteiger partial charge in [0.25, 0.3) is 0 Å². The summed E-state index contributed by atoms with van der Waals surface area (Å²) < 4.78 is 26.0. The molecular weight excluding hydrogens is 254 g/mol. The van der Waals surface area contributed by atoms with Gasteiger partial charge in [0, 0.05) is 12.1 Å². The van der Waals surface area contributed by atoms with E-state index in [0.29, 0.717) is 12.0 Å². The van der Waals surface area contributed by atoms with Gasteiger partial charge in [0.2, 0.25) is 10.0 Å². The van der Waals surface area contributed by atoms with Crippen LogP contribution in [0.25, 0.3) is 0 Å². The molecule has 6 heteroatoms. The van der Waals surface area contributed by atoms with Crippen LogP contribution in [-0.4, -0.2) is 32.0 Å². The van der Waals surface area contributed by atoms with E-state index in [1.54, 1.807) is 6.92 Å². The fraction of sp³-hybridized carbons (Fsp3) is 0.417. The second kappa shape index (κ2) is 6.08. The third kappa shape index (κ3) is 4.21. The Hall–Kier alpha value is -1.24. The number of sulfonamides is 1. The lowest BCUT2D eigenvalue weighted by Crippen LogP contribution is -2.26. The Morgan fingerprint density at radius 1 is 1.33 bits per heavy atom. The second-order valence-corrected chi connectivity index (χ2v) is 5.88. The topological polar surface area (TPSA) is 83.5 Å². The molecule has 1 aromatic rings. The van der Waals surface area contributed by atoms with Crippen molar-refractivity contribution < 1.29 is 18.3 Å². The molecular formula is C12H17NO4S. The number of Topliss-reactive ketones (excluding diaryl/α,β-unsaturated/α-hetero) is 1. The summed E-state index contributed by atoms with van der Waals surface area (Å²) in [4.78, 5) is 11.2. The first-order valence-electron chi connectivity index (χ1n) is 5.61. The zero-order valence-electron chi connectivity index (χ0n) is 10.4. The van der Waals surface area contributed by atoms with E-state index in [4.69, 9.17) is 5.11 Å². The van der Waals surface area contributed by atoms with Gasteiger partial charge in [-0.2, -0.15) is 0 Å². The summed E-state index contributed by atoms with van der Waals surface area (Å²) in [5.41, 5.74) is 0.470. The molecule has 0 spiro atoms. The Bertz CT molecular complexity index is 505. The molecule has 0 radical (unpaired) electrons. The monoisotopic (exact) mass is 271 g/mol. The summed E-state index contributed by atoms with van der Waals surface area (Å²) >= 11 is 0. The van der Waals surface area contributed by atoms with Crippen molar-refractivity contribution >= 4 is 15.8 Å². The van der Waals surface area contributed by atoms with Crippen LogP contribution in [0.4, 0.5) is 0 Å². The normalized spacial score (nSPS) is 13.3. The molecule has 0 bridgehead atoms. The maximum absolute atomic E-state index is 11.8. The van der Waals surface area contributed by atoms with E-state index in [-0.39, 0.29) is 17.2 Å². The maximum atomic E-state index is 11.8. The number of hydrogen-bond acceptors (Lipinski definition) is 4. The Kier molecular flexibility index (Phi) is 5.01. The fourth-order valence-corrected chi connectivity index (χ4v) is 2.40. The fourth-order valence-electron chi connectivity index (χ4n) is 1.35. The number of nitrogens with one attached hydrogen (secondary N) is 1. The number of ketones is 1. The van der Waals surface area contributed by atoms with Crippen molar-refractivity contribution in [2.75, 3.05) is 6.54 Å². The SMILES string of the molecule is CC(=O)c1ccc(S(=O)(=O)NCCC(C)O)cc1. The predicted molar refractivity (Wildman–Crippen MR) is 67.9 cm³/mol. The van der Waals surface area contributed by atoms with E-state index in [9.17, 15) is 13.2 Å². The first-order valence-corrected chi connectivity index (χ1v) is 7.10. The van der Waals surface area contributed by atoms with Crippen LogP contribution < -0.4 is 4.72 Å². The number of aliphatic hydroxyl groups excluding tert-OH is 1. The van der Waals surface area contributed by atoms with E-state index in [1.807, 2.05) is 0 Å². The second-order valence-electron chi connectivity index (χ2n) is 4.12. The molecule has 0 saturated carbocycles. The summed E-state index contributed by atoms with van der Waals surface area (Å²) in [6, 6.07) is 5.74. The maximum Gasteiger partial charge on any atom is 0.240 e. The standard InChI is InChI=1S/C12H17NO4S/c1-9(14)7-8-13-18(16,17)12-5-3-11(4-6-12)10(2)15/h3-6,9,13-14H,7-8H2,1-2H3. The van der Waals surface area contributed by atoms with Crippen LogP contribution in [0.1, 0.15) is 30.6 Å². The molecule has 0 aliphatic carbocycles. The molecule has 0 aromatic heterocycles. The van der Waals surface area contributed by atoms with Gasteiger partial charge in [-0.05, 0) is 32.4 Å².